The largest absolute Gasteiger partial charge is 0.324 e. The predicted molar refractivity (Wildman–Crippen MR) is 157 cm³/mol. The average molecular weight is 535 g/mol. The second-order valence-electron chi connectivity index (χ2n) is 10.7. The van der Waals surface area contributed by atoms with Crippen molar-refractivity contribution >= 4 is 23.2 Å². The molecule has 1 atom stereocenters. The molecule has 0 spiro atoms. The van der Waals surface area contributed by atoms with E-state index in [1.165, 1.54) is 23.9 Å². The first-order valence-electron chi connectivity index (χ1n) is 13.9. The van der Waals surface area contributed by atoms with Gasteiger partial charge in [-0.2, -0.15) is 0 Å². The van der Waals surface area contributed by atoms with Gasteiger partial charge in [0.1, 0.15) is 6.33 Å². The number of nitrogens with one attached hydrogen (secondary N) is 2. The van der Waals surface area contributed by atoms with Crippen LogP contribution in [0.4, 0.5) is 17.3 Å². The number of piperazine rings is 1. The summed E-state index contributed by atoms with van der Waals surface area (Å²) in [5.41, 5.74) is 7.45. The van der Waals surface area contributed by atoms with E-state index in [0.717, 1.165) is 61.5 Å². The molecular formula is C31H34N8O. The topological polar surface area (TPSA) is 99.2 Å². The fraction of sp³-hybridized carbons (Fsp3) is 0.323. The summed E-state index contributed by atoms with van der Waals surface area (Å²) in [5.74, 6) is 0.346. The fourth-order valence-corrected chi connectivity index (χ4v) is 5.61. The van der Waals surface area contributed by atoms with Gasteiger partial charge in [0.25, 0.3) is 5.91 Å². The number of aryl methyl sites for hydroxylation is 2. The monoisotopic (exact) mass is 534 g/mol. The third-order valence-corrected chi connectivity index (χ3v) is 7.92. The lowest BCUT2D eigenvalue weighted by atomic mass is 9.85. The number of rotatable bonds is 6. The Morgan fingerprint density at radius 3 is 2.65 bits per heavy atom. The highest BCUT2D eigenvalue weighted by Crippen LogP contribution is 2.35. The second-order valence-corrected chi connectivity index (χ2v) is 10.7. The summed E-state index contributed by atoms with van der Waals surface area (Å²) < 4.78 is 0. The van der Waals surface area contributed by atoms with Crippen LogP contribution in [0.5, 0.6) is 0 Å². The van der Waals surface area contributed by atoms with Crippen LogP contribution in [0.25, 0.3) is 11.3 Å². The normalized spacial score (nSPS) is 17.7. The predicted octanol–water partition coefficient (Wildman–Crippen LogP) is 4.86. The quantitative estimate of drug-likeness (QED) is 0.362. The van der Waals surface area contributed by atoms with Crippen molar-refractivity contribution in [1.82, 2.24) is 29.7 Å². The maximum Gasteiger partial charge on any atom is 0.255 e. The van der Waals surface area contributed by atoms with Crippen LogP contribution in [0.3, 0.4) is 0 Å². The van der Waals surface area contributed by atoms with Crippen molar-refractivity contribution in [2.45, 2.75) is 32.2 Å². The number of nitrogens with zero attached hydrogens (tertiary/aromatic N) is 6. The zero-order valence-electron chi connectivity index (χ0n) is 23.0. The molecular weight excluding hydrogens is 500 g/mol. The van der Waals surface area contributed by atoms with Gasteiger partial charge in [-0.1, -0.05) is 12.1 Å². The molecule has 1 saturated heterocycles. The summed E-state index contributed by atoms with van der Waals surface area (Å²) in [7, 11) is 2.19. The third-order valence-electron chi connectivity index (χ3n) is 7.92. The molecule has 0 saturated carbocycles. The Hall–Kier alpha value is -4.21. The Kier molecular flexibility index (Phi) is 7.48. The lowest BCUT2D eigenvalue weighted by molar-refractivity contribution is 0.101. The number of likely N-dealkylation sites (N-methyl/N-ethyl adjacent to an activating group) is 1. The number of carbonyl (C=O) groups excluding carboxylic acids is 1. The molecule has 2 N–H and O–H groups in total. The molecule has 1 unspecified atom stereocenters. The van der Waals surface area contributed by atoms with Gasteiger partial charge in [-0.15, -0.1) is 0 Å². The van der Waals surface area contributed by atoms with Crippen molar-refractivity contribution in [3.63, 3.8) is 0 Å². The van der Waals surface area contributed by atoms with E-state index in [1.54, 1.807) is 18.6 Å². The Morgan fingerprint density at radius 1 is 1.00 bits per heavy atom. The van der Waals surface area contributed by atoms with Crippen molar-refractivity contribution in [2.24, 2.45) is 0 Å². The maximum absolute atomic E-state index is 13.3. The summed E-state index contributed by atoms with van der Waals surface area (Å²) in [6.07, 6.45) is 9.98. The van der Waals surface area contributed by atoms with Gasteiger partial charge < -0.3 is 15.5 Å². The first-order valence-corrected chi connectivity index (χ1v) is 13.9. The van der Waals surface area contributed by atoms with Crippen LogP contribution in [-0.4, -0.2) is 68.9 Å². The standard InChI is InChI=1S/C31H34N8O/c1-21-6-8-25(17-28(21)37-31-34-11-10-27(36-31)24-18-32-20-33-19-24)35-30(40)23-7-9-26-22(16-23)4-3-5-29(26)39-14-12-38(2)13-15-39/h6-11,16-20,29H,3-5,12-15H2,1-2H3,(H,35,40)(H,34,36,37). The van der Waals surface area contributed by atoms with E-state index in [-0.39, 0.29) is 5.91 Å². The van der Waals surface area contributed by atoms with Crippen LogP contribution in [0.1, 0.15) is 45.9 Å². The first-order chi connectivity index (χ1) is 19.5. The number of aromatic nitrogens is 4. The molecule has 4 aromatic rings. The molecule has 1 fully saturated rings. The Bertz CT molecular complexity index is 1500. The minimum absolute atomic E-state index is 0.110. The van der Waals surface area contributed by atoms with Gasteiger partial charge in [0, 0.05) is 73.3 Å². The average Bonchev–Trinajstić information content (AvgIpc) is 2.99. The van der Waals surface area contributed by atoms with E-state index in [4.69, 9.17) is 0 Å². The number of carbonyl (C=O) groups is 1. The second kappa shape index (κ2) is 11.5. The maximum atomic E-state index is 13.3. The molecule has 1 aliphatic carbocycles. The molecule has 2 aliphatic rings. The number of anilines is 3. The van der Waals surface area contributed by atoms with E-state index < -0.39 is 0 Å². The molecule has 40 heavy (non-hydrogen) atoms. The molecule has 9 heteroatoms. The summed E-state index contributed by atoms with van der Waals surface area (Å²) >= 11 is 0. The summed E-state index contributed by atoms with van der Waals surface area (Å²) in [4.78, 5) is 35.4. The Morgan fingerprint density at radius 2 is 1.82 bits per heavy atom. The number of hydrogen-bond acceptors (Lipinski definition) is 8. The van der Waals surface area contributed by atoms with E-state index in [9.17, 15) is 4.79 Å². The molecule has 1 aliphatic heterocycles. The first kappa shape index (κ1) is 26.0. The van der Waals surface area contributed by atoms with E-state index in [2.05, 4.69) is 59.5 Å². The SMILES string of the molecule is Cc1ccc(NC(=O)c2ccc3c(c2)CCCC3N2CCN(C)CC2)cc1Nc1nccc(-c2cncnc2)n1. The zero-order valence-corrected chi connectivity index (χ0v) is 23.0. The highest BCUT2D eigenvalue weighted by molar-refractivity contribution is 6.04. The van der Waals surface area contributed by atoms with Crippen LogP contribution in [0.2, 0.25) is 0 Å². The molecule has 6 rings (SSSR count). The minimum Gasteiger partial charge on any atom is -0.324 e. The van der Waals surface area contributed by atoms with Crippen molar-refractivity contribution in [3.05, 3.63) is 89.6 Å². The van der Waals surface area contributed by atoms with Crippen LogP contribution in [-0.2, 0) is 6.42 Å². The van der Waals surface area contributed by atoms with Gasteiger partial charge in [0.05, 0.1) is 5.69 Å². The van der Waals surface area contributed by atoms with Crippen LogP contribution >= 0.6 is 0 Å². The van der Waals surface area contributed by atoms with Crippen LogP contribution in [0.15, 0.2) is 67.4 Å². The van der Waals surface area contributed by atoms with Crippen molar-refractivity contribution in [2.75, 3.05) is 43.9 Å². The molecule has 9 nitrogen and oxygen atoms in total. The number of hydrogen-bond donors (Lipinski definition) is 2. The highest BCUT2D eigenvalue weighted by Gasteiger charge is 2.28. The summed E-state index contributed by atoms with van der Waals surface area (Å²) in [6, 6.07) is 14.3. The molecule has 204 valence electrons. The molecule has 0 radical (unpaired) electrons. The fourth-order valence-electron chi connectivity index (χ4n) is 5.61. The molecule has 1 amide bonds. The zero-order chi connectivity index (χ0) is 27.5. The third kappa shape index (κ3) is 5.71. The van der Waals surface area contributed by atoms with E-state index >= 15 is 0 Å². The summed E-state index contributed by atoms with van der Waals surface area (Å²) in [6.45, 7) is 6.42. The lowest BCUT2D eigenvalue weighted by Crippen LogP contribution is -2.46. The minimum atomic E-state index is -0.110. The number of benzene rings is 2. The van der Waals surface area contributed by atoms with Crippen molar-refractivity contribution in [1.29, 1.82) is 0 Å². The van der Waals surface area contributed by atoms with E-state index in [0.29, 0.717) is 23.2 Å². The molecule has 3 heterocycles. The van der Waals surface area contributed by atoms with Crippen molar-refractivity contribution < 1.29 is 4.79 Å². The lowest BCUT2D eigenvalue weighted by Gasteiger charge is -2.40. The Labute approximate surface area is 234 Å². The van der Waals surface area contributed by atoms with Gasteiger partial charge in [0.2, 0.25) is 5.95 Å². The van der Waals surface area contributed by atoms with Gasteiger partial charge in [-0.3, -0.25) is 9.69 Å². The van der Waals surface area contributed by atoms with Gasteiger partial charge in [0.15, 0.2) is 0 Å². The van der Waals surface area contributed by atoms with Crippen LogP contribution in [0, 0.1) is 6.92 Å². The summed E-state index contributed by atoms with van der Waals surface area (Å²) in [5, 5.41) is 6.38. The smallest absolute Gasteiger partial charge is 0.255 e. The van der Waals surface area contributed by atoms with Gasteiger partial charge in [-0.05, 0) is 80.3 Å². The van der Waals surface area contributed by atoms with Gasteiger partial charge >= 0.3 is 0 Å². The molecule has 0 bridgehead atoms. The highest BCUT2D eigenvalue weighted by atomic mass is 16.1. The van der Waals surface area contributed by atoms with Gasteiger partial charge in [-0.25, -0.2) is 19.9 Å². The van der Waals surface area contributed by atoms with Crippen LogP contribution < -0.4 is 10.6 Å². The number of amides is 1. The van der Waals surface area contributed by atoms with E-state index in [1.807, 2.05) is 37.3 Å². The number of fused-ring (bicyclic) bond motifs is 1. The Balaban J connectivity index is 1.16. The molecule has 2 aromatic heterocycles. The van der Waals surface area contributed by atoms with Crippen molar-refractivity contribution in [3.8, 4) is 11.3 Å². The molecule has 2 aromatic carbocycles.